The molecule has 0 N–H and O–H groups in total. The normalized spacial score (nSPS) is 11.6. The smallest absolute Gasteiger partial charge is 0.0795 e. The summed E-state index contributed by atoms with van der Waals surface area (Å²) in [6.07, 6.45) is 8.16. The first-order chi connectivity index (χ1) is 53.1. The van der Waals surface area contributed by atoms with Gasteiger partial charge in [0.05, 0.1) is 32.3 Å². The fourth-order valence-electron chi connectivity index (χ4n) is 14.4. The molecule has 0 fully saturated rings. The molecule has 0 saturated carbocycles. The number of fused-ring (bicyclic) bond motifs is 13. The number of hydrogen-bond donors (Lipinski definition) is 0. The maximum absolute atomic E-state index is 4.84. The Kier molecular flexibility index (Phi) is 24.2. The SMILES string of the molecule is C[Si](C)(C)c1ccc(-c2[c-]cc3c4ccc(-c5ccc6ccccc6c5)cc4c4ccccc4c3c2)nc1.C[Si](C)(C)c1ccc(-c2[c-]cc3c4ccc(-c5cccc(-c6ccccc6)c5)cc4c4ccccc4c3c2)nc1.C[Si](C)(C)c1ccc(-c2[c-]cccc2)nc1.C[Si](C)(C)c1ccc(-c2[c-]cccc2)nc1.[Ir].[Ir]. The van der Waals surface area contributed by atoms with E-state index in [2.05, 4.69) is 380 Å². The minimum absolute atomic E-state index is 0. The zero-order chi connectivity index (χ0) is 76.3. The van der Waals surface area contributed by atoms with Gasteiger partial charge in [0.2, 0.25) is 0 Å². The average molecular weight is 1870 g/mol. The standard InChI is InChI=1S/C38H30NSi.C36H28NSi.2C14H16NSi.2Ir/c1-40(2,3)31-18-21-38(39-25-31)30-17-20-35-34-19-16-29(23-36(34)32-14-7-8-15-33(32)37(35)24-30)28-13-9-12-27(22-28)26-10-5-4-6-11-26;1-38(2,3)29-16-19-36(37-23-29)28-15-18-33-32-17-14-27(26-13-12-24-8-4-5-9-25(24)20-26)21-34(32)30-10-6-7-11-31(30)35(33)22-28;2*1-16(2,3)13-9-10-14(15-11-13)12-7-5-4-6-8-12;;/h4-16,18-25H,1-3H3;4-14,16-23H,1-3H3;2*4-7,9-11H,1-3H3;;/q4*-1;;. The van der Waals surface area contributed by atoms with Crippen molar-refractivity contribution >= 4 is 128 Å². The first-order valence-corrected chi connectivity index (χ1v) is 52.1. The Hall–Kier alpha value is -10.3. The Morgan fingerprint density at radius 2 is 0.518 bits per heavy atom. The van der Waals surface area contributed by atoms with Crippen molar-refractivity contribution in [2.75, 3.05) is 0 Å². The molecule has 0 amide bonds. The molecule has 4 nitrogen and oxygen atoms in total. The van der Waals surface area contributed by atoms with Gasteiger partial charge in [-0.15, -0.1) is 119 Å². The van der Waals surface area contributed by atoms with Crippen LogP contribution in [0, 0.1) is 24.3 Å². The van der Waals surface area contributed by atoms with Gasteiger partial charge in [0.1, 0.15) is 0 Å². The third kappa shape index (κ3) is 17.8. The molecule has 14 aromatic carbocycles. The third-order valence-corrected chi connectivity index (χ3v) is 29.1. The van der Waals surface area contributed by atoms with Crippen LogP contribution in [0.1, 0.15) is 0 Å². The minimum atomic E-state index is -1.39. The van der Waals surface area contributed by atoms with E-state index in [0.717, 1.165) is 45.0 Å². The molecule has 18 aromatic rings. The van der Waals surface area contributed by atoms with Gasteiger partial charge in [-0.3, -0.25) is 0 Å². The predicted octanol–water partition coefficient (Wildman–Crippen LogP) is 25.4. The monoisotopic (exact) mass is 1870 g/mol. The van der Waals surface area contributed by atoms with E-state index in [1.807, 2.05) is 60.9 Å². The Labute approximate surface area is 692 Å². The minimum Gasteiger partial charge on any atom is -0.305 e. The molecular weight excluding hydrogens is 1780 g/mol. The predicted molar refractivity (Wildman–Crippen MR) is 485 cm³/mol. The summed E-state index contributed by atoms with van der Waals surface area (Å²) in [5.74, 6) is 0. The van der Waals surface area contributed by atoms with Gasteiger partial charge in [0, 0.05) is 65.0 Å². The molecule has 0 unspecified atom stereocenters. The van der Waals surface area contributed by atoms with Crippen molar-refractivity contribution in [1.82, 2.24) is 19.9 Å². The van der Waals surface area contributed by atoms with Crippen molar-refractivity contribution in [2.45, 2.75) is 78.6 Å². The van der Waals surface area contributed by atoms with Crippen molar-refractivity contribution in [3.63, 3.8) is 0 Å². The van der Waals surface area contributed by atoms with Gasteiger partial charge in [-0.1, -0.05) is 317 Å². The fourth-order valence-corrected chi connectivity index (χ4v) is 18.5. The van der Waals surface area contributed by atoms with E-state index in [-0.39, 0.29) is 40.2 Å². The Balaban J connectivity index is 0.000000141. The number of nitrogens with zero attached hydrogens (tertiary/aromatic N) is 4. The van der Waals surface area contributed by atoms with E-state index in [1.54, 1.807) is 0 Å². The van der Waals surface area contributed by atoms with E-state index in [9.17, 15) is 0 Å². The first kappa shape index (κ1) is 79.7. The Morgan fingerprint density at radius 1 is 0.205 bits per heavy atom. The number of aromatic nitrogens is 4. The zero-order valence-corrected chi connectivity index (χ0v) is 74.4. The van der Waals surface area contributed by atoms with E-state index in [4.69, 9.17) is 9.97 Å². The van der Waals surface area contributed by atoms with Crippen LogP contribution in [-0.4, -0.2) is 52.2 Å². The number of benzene rings is 14. The average Bonchev–Trinajstić information content (AvgIpc) is 0.741. The molecule has 10 heteroatoms. The molecule has 556 valence electrons. The van der Waals surface area contributed by atoms with Crippen molar-refractivity contribution in [3.05, 3.63) is 352 Å². The van der Waals surface area contributed by atoms with E-state index >= 15 is 0 Å². The van der Waals surface area contributed by atoms with Crippen molar-refractivity contribution in [2.24, 2.45) is 0 Å². The summed E-state index contributed by atoms with van der Waals surface area (Å²) < 4.78 is 0. The van der Waals surface area contributed by atoms with Gasteiger partial charge >= 0.3 is 0 Å². The van der Waals surface area contributed by atoms with E-state index in [0.29, 0.717) is 0 Å². The van der Waals surface area contributed by atoms with Gasteiger partial charge in [-0.05, 0) is 144 Å². The molecule has 4 aromatic heterocycles. The summed E-state index contributed by atoms with van der Waals surface area (Å²) in [6.45, 7) is 28.1. The second-order valence-corrected chi connectivity index (χ2v) is 53.1. The number of hydrogen-bond acceptors (Lipinski definition) is 4. The van der Waals surface area contributed by atoms with Gasteiger partial charge in [0.15, 0.2) is 0 Å². The number of rotatable bonds is 11. The fraction of sp³-hybridized carbons (Fsp3) is 0.118. The molecule has 112 heavy (non-hydrogen) atoms. The van der Waals surface area contributed by atoms with Crippen LogP contribution in [0.25, 0.3) is 154 Å². The summed E-state index contributed by atoms with van der Waals surface area (Å²) in [4.78, 5) is 18.7. The molecule has 0 aliphatic rings. The first-order valence-electron chi connectivity index (χ1n) is 38.1. The van der Waals surface area contributed by atoms with Gasteiger partial charge in [-0.25, -0.2) is 0 Å². The summed E-state index contributed by atoms with van der Waals surface area (Å²) in [7, 11) is -5.23. The molecule has 18 rings (SSSR count). The maximum atomic E-state index is 4.84. The largest absolute Gasteiger partial charge is 0.305 e. The third-order valence-electron chi connectivity index (χ3n) is 21.0. The van der Waals surface area contributed by atoms with Crippen molar-refractivity contribution in [1.29, 1.82) is 0 Å². The van der Waals surface area contributed by atoms with Crippen LogP contribution in [0.15, 0.2) is 328 Å². The summed E-state index contributed by atoms with van der Waals surface area (Å²) >= 11 is 0. The molecule has 0 spiro atoms. The molecular formula is C102H90Ir2N4Si4-4. The molecule has 0 saturated heterocycles. The van der Waals surface area contributed by atoms with E-state index < -0.39 is 32.3 Å². The second-order valence-electron chi connectivity index (χ2n) is 32.7. The van der Waals surface area contributed by atoms with Gasteiger partial charge < -0.3 is 19.9 Å². The molecule has 0 bridgehead atoms. The van der Waals surface area contributed by atoms with E-state index in [1.165, 1.54) is 130 Å². The summed E-state index contributed by atoms with van der Waals surface area (Å²) in [5.41, 5.74) is 15.5. The van der Waals surface area contributed by atoms with Crippen LogP contribution in [0.2, 0.25) is 78.6 Å². The molecule has 2 radical (unpaired) electrons. The van der Waals surface area contributed by atoms with Crippen LogP contribution < -0.4 is 20.7 Å². The van der Waals surface area contributed by atoms with Crippen LogP contribution in [0.3, 0.4) is 0 Å². The number of pyridine rings is 4. The quantitative estimate of drug-likeness (QED) is 0.0736. The summed E-state index contributed by atoms with van der Waals surface area (Å²) in [5, 5.41) is 23.1. The second kappa shape index (κ2) is 33.9. The summed E-state index contributed by atoms with van der Waals surface area (Å²) in [6, 6.07) is 122. The topological polar surface area (TPSA) is 51.6 Å². The van der Waals surface area contributed by atoms with Gasteiger partial charge in [0.25, 0.3) is 0 Å². The van der Waals surface area contributed by atoms with Crippen LogP contribution in [0.4, 0.5) is 0 Å². The van der Waals surface area contributed by atoms with Crippen molar-refractivity contribution < 1.29 is 40.2 Å². The van der Waals surface area contributed by atoms with Crippen LogP contribution >= 0.6 is 0 Å². The molecule has 0 aliphatic heterocycles. The molecule has 0 atom stereocenters. The Morgan fingerprint density at radius 3 is 0.893 bits per heavy atom. The maximum Gasteiger partial charge on any atom is 0.0795 e. The Bertz CT molecular complexity index is 6200. The van der Waals surface area contributed by atoms with Crippen LogP contribution in [-0.2, 0) is 40.2 Å². The molecule has 4 heterocycles. The van der Waals surface area contributed by atoms with Crippen molar-refractivity contribution in [3.8, 4) is 78.4 Å². The molecule has 0 aliphatic carbocycles. The zero-order valence-electron chi connectivity index (χ0n) is 65.6. The van der Waals surface area contributed by atoms with Gasteiger partial charge in [-0.2, -0.15) is 0 Å². The van der Waals surface area contributed by atoms with Crippen LogP contribution in [0.5, 0.6) is 0 Å².